The summed E-state index contributed by atoms with van der Waals surface area (Å²) in [5, 5.41) is 19.4. The Hall–Kier alpha value is -3.52. The lowest BCUT2D eigenvalue weighted by molar-refractivity contribution is -0.130. The maximum atomic E-state index is 12.9. The summed E-state index contributed by atoms with van der Waals surface area (Å²) in [7, 11) is 0. The number of nitrogens with one attached hydrogen (secondary N) is 3. The predicted molar refractivity (Wildman–Crippen MR) is 122 cm³/mol. The van der Waals surface area contributed by atoms with Crippen molar-refractivity contribution in [1.29, 1.82) is 5.26 Å². The SMILES string of the molecule is CCN1/C(=C(\C#N)c2nc(NC(=O)[C@@H]3O[C@@H]4O[C@H]3CN[C@@H]4C)ncc2C)Nc2ccccc21. The molecule has 2 fully saturated rings. The molecule has 0 radical (unpaired) electrons. The quantitative estimate of drug-likeness (QED) is 0.603. The number of benzene rings is 1. The first-order valence-electron chi connectivity index (χ1n) is 11.0. The van der Waals surface area contributed by atoms with Gasteiger partial charge >= 0.3 is 0 Å². The zero-order valence-electron chi connectivity index (χ0n) is 18.6. The number of ether oxygens (including phenoxy) is 2. The lowest BCUT2D eigenvalue weighted by atomic mass is 10.1. The van der Waals surface area contributed by atoms with Crippen LogP contribution in [0.5, 0.6) is 0 Å². The van der Waals surface area contributed by atoms with Crippen LogP contribution in [-0.2, 0) is 14.3 Å². The lowest BCUT2D eigenvalue weighted by Crippen LogP contribution is -2.48. The lowest BCUT2D eigenvalue weighted by Gasteiger charge is -2.25. The van der Waals surface area contributed by atoms with Gasteiger partial charge in [-0.15, -0.1) is 0 Å². The third-order valence-electron chi connectivity index (χ3n) is 6.06. The molecule has 1 amide bonds. The van der Waals surface area contributed by atoms with E-state index in [4.69, 9.17) is 9.47 Å². The molecule has 0 saturated carbocycles. The summed E-state index contributed by atoms with van der Waals surface area (Å²) in [6.07, 6.45) is 0.0183. The average Bonchev–Trinajstić information content (AvgIpc) is 3.37. The van der Waals surface area contributed by atoms with Crippen molar-refractivity contribution in [3.8, 4) is 6.07 Å². The molecule has 170 valence electrons. The van der Waals surface area contributed by atoms with Gasteiger partial charge in [0.05, 0.1) is 23.1 Å². The van der Waals surface area contributed by atoms with Gasteiger partial charge in [0.15, 0.2) is 12.4 Å². The van der Waals surface area contributed by atoms with Crippen molar-refractivity contribution in [3.63, 3.8) is 0 Å². The van der Waals surface area contributed by atoms with E-state index in [9.17, 15) is 10.1 Å². The summed E-state index contributed by atoms with van der Waals surface area (Å²) < 4.78 is 11.5. The second kappa shape index (κ2) is 8.44. The molecule has 5 rings (SSSR count). The molecule has 2 bridgehead atoms. The number of allylic oxidation sites excluding steroid dienone is 1. The first kappa shape index (κ1) is 21.3. The standard InChI is InChI=1S/C23H25N7O3/c1-4-30-16-8-6-5-7-15(16)27-20(30)14(9-24)18-12(2)10-26-23(28-18)29-21(31)19-17-11-25-13(3)22(32-17)33-19/h5-8,10,13,17,19,22,25,27H,4,11H2,1-3H3,(H,26,28,29,31)/b20-14+/t13-,17+,19-,22+/m1/s1. The third kappa shape index (κ3) is 3.70. The maximum Gasteiger partial charge on any atom is 0.258 e. The van der Waals surface area contributed by atoms with E-state index >= 15 is 0 Å². The number of fused-ring (bicyclic) bond motifs is 3. The molecule has 1 aromatic carbocycles. The first-order chi connectivity index (χ1) is 16.0. The molecule has 10 heteroatoms. The topological polar surface area (TPSA) is 124 Å². The first-order valence-corrected chi connectivity index (χ1v) is 11.0. The number of amides is 1. The molecule has 4 heterocycles. The van der Waals surface area contributed by atoms with E-state index in [0.717, 1.165) is 16.9 Å². The van der Waals surface area contributed by atoms with Gasteiger partial charge in [-0.05, 0) is 38.5 Å². The van der Waals surface area contributed by atoms with Crippen molar-refractivity contribution in [2.45, 2.75) is 45.3 Å². The Morgan fingerprint density at radius 1 is 1.36 bits per heavy atom. The minimum absolute atomic E-state index is 0.00985. The molecular formula is C23H25N7O3. The number of nitrogens with zero attached hydrogens (tertiary/aromatic N) is 4. The zero-order valence-corrected chi connectivity index (χ0v) is 18.6. The second-order valence-corrected chi connectivity index (χ2v) is 8.23. The molecule has 33 heavy (non-hydrogen) atoms. The van der Waals surface area contributed by atoms with Crippen molar-refractivity contribution in [3.05, 3.63) is 47.5 Å². The normalized spacial score (nSPS) is 26.9. The number of aryl methyl sites for hydroxylation is 1. The Morgan fingerprint density at radius 3 is 2.94 bits per heavy atom. The summed E-state index contributed by atoms with van der Waals surface area (Å²) in [6.45, 7) is 7.00. The van der Waals surface area contributed by atoms with E-state index in [2.05, 4.69) is 32.0 Å². The highest BCUT2D eigenvalue weighted by molar-refractivity contribution is 5.94. The fourth-order valence-electron chi connectivity index (χ4n) is 4.34. The van der Waals surface area contributed by atoms with Crippen LogP contribution in [0.3, 0.4) is 0 Å². The van der Waals surface area contributed by atoms with E-state index in [1.807, 2.05) is 49.9 Å². The third-order valence-corrected chi connectivity index (χ3v) is 6.06. The molecular weight excluding hydrogens is 422 g/mol. The van der Waals surface area contributed by atoms with Crippen LogP contribution in [0.2, 0.25) is 0 Å². The summed E-state index contributed by atoms with van der Waals surface area (Å²) in [6, 6.07) is 10.2. The van der Waals surface area contributed by atoms with E-state index in [1.54, 1.807) is 6.20 Å². The van der Waals surface area contributed by atoms with E-state index in [-0.39, 0.29) is 24.0 Å². The van der Waals surface area contributed by atoms with Gasteiger partial charge in [-0.25, -0.2) is 9.97 Å². The minimum Gasteiger partial charge on any atom is -0.343 e. The number of carbonyl (C=O) groups excluding carboxylic acids is 1. The monoisotopic (exact) mass is 447 g/mol. The molecule has 1 aromatic heterocycles. The van der Waals surface area contributed by atoms with E-state index < -0.39 is 12.4 Å². The van der Waals surface area contributed by atoms with Gasteiger partial charge in [0.2, 0.25) is 5.95 Å². The molecule has 3 aliphatic rings. The molecule has 3 N–H and O–H groups in total. The number of hydrogen-bond donors (Lipinski definition) is 3. The molecule has 0 aliphatic carbocycles. The fraction of sp³-hybridized carbons (Fsp3) is 0.391. The predicted octanol–water partition coefficient (Wildman–Crippen LogP) is 1.97. The average molecular weight is 447 g/mol. The molecule has 0 unspecified atom stereocenters. The van der Waals surface area contributed by atoms with Crippen molar-refractivity contribution in [2.24, 2.45) is 0 Å². The maximum absolute atomic E-state index is 12.9. The summed E-state index contributed by atoms with van der Waals surface area (Å²) >= 11 is 0. The molecule has 0 spiro atoms. The number of carbonyl (C=O) groups is 1. The van der Waals surface area contributed by atoms with Crippen LogP contribution in [0, 0.1) is 18.3 Å². The molecule has 4 atom stereocenters. The number of hydrogen-bond acceptors (Lipinski definition) is 9. The van der Waals surface area contributed by atoms with Crippen LogP contribution in [0.1, 0.15) is 25.1 Å². The zero-order chi connectivity index (χ0) is 23.1. The van der Waals surface area contributed by atoms with Crippen molar-refractivity contribution < 1.29 is 14.3 Å². The van der Waals surface area contributed by atoms with Gasteiger partial charge in [-0.2, -0.15) is 5.26 Å². The summed E-state index contributed by atoms with van der Waals surface area (Å²) in [5.41, 5.74) is 3.47. The van der Waals surface area contributed by atoms with Gasteiger partial charge in [0.1, 0.15) is 23.6 Å². The highest BCUT2D eigenvalue weighted by Gasteiger charge is 2.46. The van der Waals surface area contributed by atoms with Crippen LogP contribution >= 0.6 is 0 Å². The summed E-state index contributed by atoms with van der Waals surface area (Å²) in [5.74, 6) is 0.390. The molecule has 2 aromatic rings. The van der Waals surface area contributed by atoms with Crippen molar-refractivity contribution in [2.75, 3.05) is 28.6 Å². The minimum atomic E-state index is -0.754. The smallest absolute Gasteiger partial charge is 0.258 e. The van der Waals surface area contributed by atoms with Crippen LogP contribution < -0.4 is 20.9 Å². The Kier molecular flexibility index (Phi) is 5.46. The fourth-order valence-corrected chi connectivity index (χ4v) is 4.34. The van der Waals surface area contributed by atoms with Crippen molar-refractivity contribution >= 4 is 28.8 Å². The Bertz CT molecular complexity index is 1170. The number of anilines is 3. The number of morpholine rings is 1. The van der Waals surface area contributed by atoms with E-state index in [1.165, 1.54) is 0 Å². The van der Waals surface area contributed by atoms with Gasteiger partial charge in [-0.1, -0.05) is 12.1 Å². The van der Waals surface area contributed by atoms with Crippen LogP contribution in [-0.4, -0.2) is 53.5 Å². The van der Waals surface area contributed by atoms with Crippen molar-refractivity contribution in [1.82, 2.24) is 15.3 Å². The van der Waals surface area contributed by atoms with Gasteiger partial charge in [0.25, 0.3) is 5.91 Å². The Balaban J connectivity index is 1.44. The van der Waals surface area contributed by atoms with Gasteiger partial charge < -0.3 is 25.0 Å². The Morgan fingerprint density at radius 2 is 2.18 bits per heavy atom. The second-order valence-electron chi connectivity index (χ2n) is 8.23. The molecule has 10 nitrogen and oxygen atoms in total. The van der Waals surface area contributed by atoms with Crippen LogP contribution in [0.25, 0.3) is 5.57 Å². The highest BCUT2D eigenvalue weighted by Crippen LogP contribution is 2.39. The number of para-hydroxylation sites is 2. The van der Waals surface area contributed by atoms with E-state index in [0.29, 0.717) is 30.2 Å². The van der Waals surface area contributed by atoms with Crippen LogP contribution in [0.15, 0.2) is 36.3 Å². The summed E-state index contributed by atoms with van der Waals surface area (Å²) in [4.78, 5) is 23.7. The molecule has 3 aliphatic heterocycles. The van der Waals surface area contributed by atoms with Gasteiger partial charge in [0, 0.05) is 19.3 Å². The number of aromatic nitrogens is 2. The Labute approximate surface area is 191 Å². The highest BCUT2D eigenvalue weighted by atomic mass is 16.7. The van der Waals surface area contributed by atoms with Gasteiger partial charge in [-0.3, -0.25) is 10.1 Å². The largest absolute Gasteiger partial charge is 0.343 e. The number of nitriles is 1. The number of rotatable bonds is 4. The van der Waals surface area contributed by atoms with Crippen LogP contribution in [0.4, 0.5) is 17.3 Å². The molecule has 2 saturated heterocycles.